The highest BCUT2D eigenvalue weighted by Gasteiger charge is 2.06. The second-order valence-corrected chi connectivity index (χ2v) is 4.53. The summed E-state index contributed by atoms with van der Waals surface area (Å²) >= 11 is 4.46. The van der Waals surface area contributed by atoms with Crippen LogP contribution in [0, 0.1) is 0 Å². The minimum Gasteiger partial charge on any atom is -0.507 e. The number of hydrogen-bond donors (Lipinski definition) is 2. The van der Waals surface area contributed by atoms with E-state index in [1.54, 1.807) is 11.6 Å². The van der Waals surface area contributed by atoms with E-state index >= 15 is 0 Å². The molecule has 82 valence electrons. The van der Waals surface area contributed by atoms with Gasteiger partial charge in [0.1, 0.15) is 17.2 Å². The first-order valence-electron chi connectivity index (χ1n) is 4.19. The minimum atomic E-state index is -0.138. The summed E-state index contributed by atoms with van der Waals surface area (Å²) in [7, 11) is 0. The molecule has 7 heteroatoms. The molecule has 16 heavy (non-hydrogen) atoms. The van der Waals surface area contributed by atoms with Gasteiger partial charge in [0, 0.05) is 17.6 Å². The number of phenolic OH excluding ortho intramolecular Hbond substituents is 2. The lowest BCUT2D eigenvalue weighted by Crippen LogP contribution is -1.71. The molecule has 0 aliphatic rings. The summed E-state index contributed by atoms with van der Waals surface area (Å²) < 4.78 is 0.443. The average molecular weight is 300 g/mol. The third-order valence-electron chi connectivity index (χ3n) is 1.71. The van der Waals surface area contributed by atoms with Crippen molar-refractivity contribution in [1.29, 1.82) is 0 Å². The fraction of sp³-hybridized carbons (Fsp3) is 0. The largest absolute Gasteiger partial charge is 0.507 e. The molecule has 0 saturated heterocycles. The van der Waals surface area contributed by atoms with Crippen LogP contribution < -0.4 is 0 Å². The van der Waals surface area contributed by atoms with Gasteiger partial charge in [0.05, 0.1) is 4.47 Å². The molecule has 2 rings (SSSR count). The SMILES string of the molecule is Oc1cc(O)c(N=Nc2nccs2)cc1Br. The molecule has 0 fully saturated rings. The van der Waals surface area contributed by atoms with Crippen molar-refractivity contribution in [1.82, 2.24) is 4.98 Å². The Hall–Kier alpha value is -1.47. The third kappa shape index (κ3) is 2.37. The van der Waals surface area contributed by atoms with Gasteiger partial charge in [0.2, 0.25) is 5.13 Å². The molecule has 2 aromatic rings. The van der Waals surface area contributed by atoms with Crippen molar-refractivity contribution in [2.45, 2.75) is 0 Å². The predicted molar refractivity (Wildman–Crippen MR) is 63.8 cm³/mol. The molecule has 0 radical (unpaired) electrons. The highest BCUT2D eigenvalue weighted by molar-refractivity contribution is 9.10. The van der Waals surface area contributed by atoms with Gasteiger partial charge in [-0.05, 0) is 22.0 Å². The first-order chi connectivity index (χ1) is 7.66. The number of phenols is 2. The minimum absolute atomic E-state index is 0.0503. The Morgan fingerprint density at radius 1 is 1.19 bits per heavy atom. The number of thiazole rings is 1. The number of hydrogen-bond acceptors (Lipinski definition) is 6. The van der Waals surface area contributed by atoms with Gasteiger partial charge in [-0.25, -0.2) is 4.98 Å². The molecule has 0 aliphatic heterocycles. The molecule has 1 aromatic carbocycles. The van der Waals surface area contributed by atoms with E-state index in [-0.39, 0.29) is 17.2 Å². The fourth-order valence-electron chi connectivity index (χ4n) is 0.982. The molecule has 1 heterocycles. The monoisotopic (exact) mass is 299 g/mol. The van der Waals surface area contributed by atoms with Crippen LogP contribution in [-0.4, -0.2) is 15.2 Å². The van der Waals surface area contributed by atoms with Crippen LogP contribution in [0.5, 0.6) is 11.5 Å². The van der Waals surface area contributed by atoms with E-state index in [1.165, 1.54) is 23.5 Å². The standard InChI is InChI=1S/C9H6BrN3O2S/c10-5-3-6(8(15)4-7(5)14)12-13-9-11-1-2-16-9/h1-4,14-15H. The van der Waals surface area contributed by atoms with Gasteiger partial charge in [0.15, 0.2) is 0 Å². The van der Waals surface area contributed by atoms with E-state index in [9.17, 15) is 10.2 Å². The molecule has 0 saturated carbocycles. The van der Waals surface area contributed by atoms with Crippen molar-refractivity contribution < 1.29 is 10.2 Å². The number of nitrogens with zero attached hydrogens (tertiary/aromatic N) is 3. The Morgan fingerprint density at radius 3 is 2.69 bits per heavy atom. The van der Waals surface area contributed by atoms with Crippen LogP contribution in [0.25, 0.3) is 0 Å². The first kappa shape index (κ1) is 11.0. The zero-order valence-corrected chi connectivity index (χ0v) is 10.2. The second-order valence-electron chi connectivity index (χ2n) is 2.81. The van der Waals surface area contributed by atoms with E-state index in [2.05, 4.69) is 31.1 Å². The van der Waals surface area contributed by atoms with Gasteiger partial charge in [-0.3, -0.25) is 0 Å². The van der Waals surface area contributed by atoms with Gasteiger partial charge >= 0.3 is 0 Å². The summed E-state index contributed by atoms with van der Waals surface area (Å²) in [5.74, 6) is -0.188. The van der Waals surface area contributed by atoms with E-state index < -0.39 is 0 Å². The first-order valence-corrected chi connectivity index (χ1v) is 5.87. The highest BCUT2D eigenvalue weighted by atomic mass is 79.9. The average Bonchev–Trinajstić information content (AvgIpc) is 2.74. The van der Waals surface area contributed by atoms with Crippen LogP contribution in [0.3, 0.4) is 0 Å². The number of rotatable bonds is 2. The van der Waals surface area contributed by atoms with Gasteiger partial charge in [-0.1, -0.05) is 0 Å². The molecule has 0 amide bonds. The third-order valence-corrected chi connectivity index (χ3v) is 3.00. The summed E-state index contributed by atoms with van der Waals surface area (Å²) in [5, 5.41) is 28.7. The quantitative estimate of drug-likeness (QED) is 0.829. The molecule has 5 nitrogen and oxygen atoms in total. The zero-order chi connectivity index (χ0) is 11.5. The number of aromatic nitrogens is 1. The molecule has 0 atom stereocenters. The number of benzene rings is 1. The Bertz CT molecular complexity index is 528. The van der Waals surface area contributed by atoms with Gasteiger partial charge in [-0.2, -0.15) is 0 Å². The Morgan fingerprint density at radius 2 is 2.00 bits per heavy atom. The van der Waals surface area contributed by atoms with Crippen LogP contribution in [0.1, 0.15) is 0 Å². The maximum Gasteiger partial charge on any atom is 0.229 e. The topological polar surface area (TPSA) is 78.1 Å². The molecule has 0 unspecified atom stereocenters. The normalized spacial score (nSPS) is 11.1. The smallest absolute Gasteiger partial charge is 0.229 e. The summed E-state index contributed by atoms with van der Waals surface area (Å²) in [6, 6.07) is 2.67. The van der Waals surface area contributed by atoms with Crippen molar-refractivity contribution >= 4 is 38.1 Å². The fourth-order valence-corrected chi connectivity index (χ4v) is 1.77. The molecule has 0 spiro atoms. The van der Waals surface area contributed by atoms with Crippen LogP contribution in [0.15, 0.2) is 38.4 Å². The van der Waals surface area contributed by atoms with Gasteiger partial charge in [0.25, 0.3) is 0 Å². The van der Waals surface area contributed by atoms with E-state index in [0.717, 1.165) is 0 Å². The Kier molecular flexibility index (Phi) is 3.16. The molecule has 1 aromatic heterocycles. The summed E-state index contributed by atoms with van der Waals surface area (Å²) in [4.78, 5) is 3.92. The summed E-state index contributed by atoms with van der Waals surface area (Å²) in [5.41, 5.74) is 0.264. The van der Waals surface area contributed by atoms with Gasteiger partial charge in [-0.15, -0.1) is 21.6 Å². The van der Waals surface area contributed by atoms with E-state index in [1.807, 2.05) is 0 Å². The van der Waals surface area contributed by atoms with Crippen molar-refractivity contribution in [2.24, 2.45) is 10.2 Å². The molecular formula is C9H6BrN3O2S. The lowest BCUT2D eigenvalue weighted by atomic mass is 10.3. The maximum atomic E-state index is 9.49. The second kappa shape index (κ2) is 4.58. The molecule has 2 N–H and O–H groups in total. The lowest BCUT2D eigenvalue weighted by Gasteiger charge is -2.00. The van der Waals surface area contributed by atoms with Crippen LogP contribution in [0.2, 0.25) is 0 Å². The number of azo groups is 1. The Labute approximate surface area is 103 Å². The van der Waals surface area contributed by atoms with Crippen LogP contribution in [-0.2, 0) is 0 Å². The summed E-state index contributed by atoms with van der Waals surface area (Å²) in [6.45, 7) is 0. The molecule has 0 bridgehead atoms. The van der Waals surface area contributed by atoms with Crippen LogP contribution >= 0.6 is 27.3 Å². The van der Waals surface area contributed by atoms with Crippen LogP contribution in [0.4, 0.5) is 10.8 Å². The number of halogens is 1. The van der Waals surface area contributed by atoms with Crippen molar-refractivity contribution in [3.05, 3.63) is 28.2 Å². The van der Waals surface area contributed by atoms with Gasteiger partial charge < -0.3 is 10.2 Å². The zero-order valence-electron chi connectivity index (χ0n) is 7.83. The predicted octanol–water partition coefficient (Wildman–Crippen LogP) is 3.73. The number of aromatic hydroxyl groups is 2. The molecular weight excluding hydrogens is 294 g/mol. The summed E-state index contributed by atoms with van der Waals surface area (Å²) in [6.07, 6.45) is 1.62. The lowest BCUT2D eigenvalue weighted by molar-refractivity contribution is 0.449. The van der Waals surface area contributed by atoms with Crippen molar-refractivity contribution in [3.63, 3.8) is 0 Å². The Balaban J connectivity index is 2.31. The van der Waals surface area contributed by atoms with E-state index in [4.69, 9.17) is 0 Å². The van der Waals surface area contributed by atoms with Crippen molar-refractivity contribution in [2.75, 3.05) is 0 Å². The molecule has 0 aliphatic carbocycles. The van der Waals surface area contributed by atoms with E-state index in [0.29, 0.717) is 9.60 Å². The highest BCUT2D eigenvalue weighted by Crippen LogP contribution is 2.37. The maximum absolute atomic E-state index is 9.49. The van der Waals surface area contributed by atoms with Crippen molar-refractivity contribution in [3.8, 4) is 11.5 Å².